The van der Waals surface area contributed by atoms with E-state index >= 15 is 0 Å². The second-order valence-electron chi connectivity index (χ2n) is 3.93. The van der Waals surface area contributed by atoms with Crippen LogP contribution in [-0.4, -0.2) is 24.1 Å². The van der Waals surface area contributed by atoms with Gasteiger partial charge in [0.15, 0.2) is 0 Å². The van der Waals surface area contributed by atoms with Crippen LogP contribution in [0.4, 0.5) is 5.69 Å². The van der Waals surface area contributed by atoms with Gasteiger partial charge < -0.3 is 9.67 Å². The van der Waals surface area contributed by atoms with Crippen molar-refractivity contribution in [3.05, 3.63) is 45.7 Å². The molecular weight excluding hydrogens is 304 g/mol. The van der Waals surface area contributed by atoms with Gasteiger partial charge >= 0.3 is 5.97 Å². The third-order valence-corrected chi connectivity index (χ3v) is 5.25. The van der Waals surface area contributed by atoms with Crippen molar-refractivity contribution in [3.63, 3.8) is 0 Å². The molecule has 0 aliphatic heterocycles. The summed E-state index contributed by atoms with van der Waals surface area (Å²) in [5, 5.41) is 10.0. The van der Waals surface area contributed by atoms with Crippen molar-refractivity contribution >= 4 is 33.0 Å². The first-order chi connectivity index (χ1) is 9.29. The van der Waals surface area contributed by atoms with E-state index in [1.165, 1.54) is 35.3 Å². The van der Waals surface area contributed by atoms with E-state index < -0.39 is 16.0 Å². The Morgan fingerprint density at radius 1 is 1.40 bits per heavy atom. The van der Waals surface area contributed by atoms with Crippen molar-refractivity contribution in [1.82, 2.24) is 4.57 Å². The van der Waals surface area contributed by atoms with Gasteiger partial charge in [-0.15, -0.1) is 11.3 Å². The maximum atomic E-state index is 12.1. The van der Waals surface area contributed by atoms with Gasteiger partial charge in [-0.05, 0) is 12.1 Å². The van der Waals surface area contributed by atoms with Crippen LogP contribution in [0.2, 0.25) is 0 Å². The summed E-state index contributed by atoms with van der Waals surface area (Å²) in [6.07, 6.45) is 1.34. The van der Waals surface area contributed by atoms with E-state index in [2.05, 4.69) is 4.72 Å². The molecular formula is C11H10N2O5S2. The van der Waals surface area contributed by atoms with Crippen LogP contribution in [0.15, 0.2) is 38.8 Å². The normalized spacial score (nSPS) is 11.2. The van der Waals surface area contributed by atoms with Crippen molar-refractivity contribution in [2.45, 2.75) is 4.21 Å². The molecule has 9 heteroatoms. The van der Waals surface area contributed by atoms with E-state index in [0.29, 0.717) is 0 Å². The first-order valence-electron chi connectivity index (χ1n) is 5.31. The lowest BCUT2D eigenvalue weighted by Crippen LogP contribution is -2.17. The highest BCUT2D eigenvalue weighted by atomic mass is 32.2. The monoisotopic (exact) mass is 314 g/mol. The zero-order valence-corrected chi connectivity index (χ0v) is 11.9. The molecule has 0 bridgehead atoms. The first kappa shape index (κ1) is 14.3. The molecule has 0 atom stereocenters. The molecule has 2 heterocycles. The molecule has 2 rings (SSSR count). The Bertz CT molecular complexity index is 819. The molecule has 0 aliphatic carbocycles. The minimum absolute atomic E-state index is 0.0872. The average Bonchev–Trinajstić information content (AvgIpc) is 2.84. The molecule has 106 valence electrons. The van der Waals surface area contributed by atoms with Crippen LogP contribution in [-0.2, 0) is 17.1 Å². The number of carboxylic acid groups (broad SMARTS) is 1. The molecule has 2 N–H and O–H groups in total. The molecule has 0 unspecified atom stereocenters. The first-order valence-corrected chi connectivity index (χ1v) is 7.67. The molecule has 7 nitrogen and oxygen atoms in total. The number of carboxylic acids is 1. The smallest absolute Gasteiger partial charge is 0.336 e. The molecule has 0 radical (unpaired) electrons. The number of carbonyl (C=O) groups is 1. The summed E-state index contributed by atoms with van der Waals surface area (Å²) in [5.74, 6) is -1.19. The number of hydrogen-bond acceptors (Lipinski definition) is 5. The van der Waals surface area contributed by atoms with Gasteiger partial charge in [-0.2, -0.15) is 0 Å². The molecule has 0 aliphatic rings. The van der Waals surface area contributed by atoms with E-state index in [0.717, 1.165) is 17.4 Å². The van der Waals surface area contributed by atoms with Crippen molar-refractivity contribution in [1.29, 1.82) is 0 Å². The van der Waals surface area contributed by atoms with Crippen LogP contribution >= 0.6 is 11.3 Å². The maximum Gasteiger partial charge on any atom is 0.336 e. The molecule has 0 saturated heterocycles. The molecule has 0 aromatic carbocycles. The number of rotatable bonds is 4. The summed E-state index contributed by atoms with van der Waals surface area (Å²) in [6, 6.07) is 3.65. The van der Waals surface area contributed by atoms with E-state index in [4.69, 9.17) is 5.11 Å². The van der Waals surface area contributed by atoms with Gasteiger partial charge in [0.05, 0.1) is 11.3 Å². The van der Waals surface area contributed by atoms with Crippen molar-refractivity contribution < 1.29 is 18.3 Å². The number of aromatic carboxylic acids is 1. The zero-order valence-electron chi connectivity index (χ0n) is 10.2. The van der Waals surface area contributed by atoms with Crippen molar-refractivity contribution in [2.75, 3.05) is 4.72 Å². The largest absolute Gasteiger partial charge is 0.478 e. The Morgan fingerprint density at radius 2 is 2.10 bits per heavy atom. The number of sulfonamides is 1. The van der Waals surface area contributed by atoms with E-state index in [1.54, 1.807) is 0 Å². The number of thiophene rings is 1. The van der Waals surface area contributed by atoms with Gasteiger partial charge in [0.25, 0.3) is 10.0 Å². The summed E-state index contributed by atoms with van der Waals surface area (Å²) in [5.41, 5.74) is -0.134. The Balaban J connectivity index is 2.32. The minimum Gasteiger partial charge on any atom is -0.478 e. The molecule has 0 fully saturated rings. The number of nitrogens with zero attached hydrogens (tertiary/aromatic N) is 1. The Kier molecular flexibility index (Phi) is 3.64. The fraction of sp³-hybridized carbons (Fsp3) is 0.0909. The number of anilines is 1. The Hall–Kier alpha value is -2.13. The number of aryl methyl sites for hydroxylation is 1. The molecule has 20 heavy (non-hydrogen) atoms. The lowest BCUT2D eigenvalue weighted by Gasteiger charge is -2.07. The molecule has 0 amide bonds. The van der Waals surface area contributed by atoms with Gasteiger partial charge in [0, 0.05) is 24.7 Å². The number of pyridine rings is 1. The summed E-state index contributed by atoms with van der Waals surface area (Å²) in [7, 11) is -2.37. The third kappa shape index (κ3) is 2.89. The van der Waals surface area contributed by atoms with Crippen LogP contribution in [0.5, 0.6) is 0 Å². The predicted molar refractivity (Wildman–Crippen MR) is 73.8 cm³/mol. The second kappa shape index (κ2) is 5.10. The summed E-state index contributed by atoms with van der Waals surface area (Å²) >= 11 is 0.812. The molecule has 0 spiro atoms. The van der Waals surface area contributed by atoms with Crippen molar-refractivity contribution in [3.8, 4) is 0 Å². The quantitative estimate of drug-likeness (QED) is 0.874. The van der Waals surface area contributed by atoms with Gasteiger partial charge in [0.2, 0.25) is 5.56 Å². The summed E-state index contributed by atoms with van der Waals surface area (Å²) < 4.78 is 27.5. The highest BCUT2D eigenvalue weighted by Crippen LogP contribution is 2.22. The second-order valence-corrected chi connectivity index (χ2v) is 6.75. The highest BCUT2D eigenvalue weighted by Gasteiger charge is 2.19. The van der Waals surface area contributed by atoms with Gasteiger partial charge in [-0.3, -0.25) is 9.52 Å². The molecule has 2 aromatic rings. The lowest BCUT2D eigenvalue weighted by atomic mass is 10.4. The van der Waals surface area contributed by atoms with Gasteiger partial charge in [-0.25, -0.2) is 13.2 Å². The SMILES string of the molecule is Cn1cc(NS(=O)(=O)c2cc(C(=O)O)cs2)ccc1=O. The van der Waals surface area contributed by atoms with Crippen LogP contribution in [0.25, 0.3) is 0 Å². The van der Waals surface area contributed by atoms with E-state index in [-0.39, 0.29) is 21.0 Å². The average molecular weight is 314 g/mol. The Labute approximate surface area is 118 Å². The molecule has 0 saturated carbocycles. The fourth-order valence-corrected chi connectivity index (χ4v) is 3.63. The summed E-state index contributed by atoms with van der Waals surface area (Å²) in [6.45, 7) is 0. The minimum atomic E-state index is -3.87. The predicted octanol–water partition coefficient (Wildman–Crippen LogP) is 0.946. The lowest BCUT2D eigenvalue weighted by molar-refractivity contribution is 0.0697. The van der Waals surface area contributed by atoms with Crippen LogP contribution < -0.4 is 10.3 Å². The van der Waals surface area contributed by atoms with E-state index in [1.807, 2.05) is 0 Å². The van der Waals surface area contributed by atoms with Crippen LogP contribution in [0, 0.1) is 0 Å². The fourth-order valence-electron chi connectivity index (χ4n) is 1.43. The third-order valence-electron chi connectivity index (χ3n) is 2.43. The Morgan fingerprint density at radius 3 is 2.65 bits per heavy atom. The maximum absolute atomic E-state index is 12.1. The summed E-state index contributed by atoms with van der Waals surface area (Å²) in [4.78, 5) is 21.9. The van der Waals surface area contributed by atoms with Crippen LogP contribution in [0.3, 0.4) is 0 Å². The van der Waals surface area contributed by atoms with Crippen molar-refractivity contribution in [2.24, 2.45) is 7.05 Å². The molecule has 2 aromatic heterocycles. The number of nitrogens with one attached hydrogen (secondary N) is 1. The van der Waals surface area contributed by atoms with Gasteiger partial charge in [0.1, 0.15) is 4.21 Å². The van der Waals surface area contributed by atoms with Crippen LogP contribution in [0.1, 0.15) is 10.4 Å². The van der Waals surface area contributed by atoms with Gasteiger partial charge in [-0.1, -0.05) is 0 Å². The topological polar surface area (TPSA) is 105 Å². The van der Waals surface area contributed by atoms with E-state index in [9.17, 15) is 18.0 Å². The number of aromatic nitrogens is 1. The zero-order chi connectivity index (χ0) is 14.9. The highest BCUT2D eigenvalue weighted by molar-refractivity contribution is 7.94. The standard InChI is InChI=1S/C11H10N2O5S2/c1-13-5-8(2-3-9(13)14)12-20(17,18)10-4-7(6-19-10)11(15)16/h2-6,12H,1H3,(H,15,16). The number of hydrogen-bond donors (Lipinski definition) is 2.